The first-order valence-electron chi connectivity index (χ1n) is 3.05. The lowest BCUT2D eigenvalue weighted by molar-refractivity contribution is 0.340. The molecule has 54 valence electrons. The van der Waals surface area contributed by atoms with Gasteiger partial charge in [0, 0.05) is 5.92 Å². The van der Waals surface area contributed by atoms with E-state index in [-0.39, 0.29) is 5.92 Å². The zero-order chi connectivity index (χ0) is 7.28. The molecule has 2 heteroatoms. The summed E-state index contributed by atoms with van der Waals surface area (Å²) in [5.74, 6) is 1.67. The van der Waals surface area contributed by atoms with Crippen molar-refractivity contribution in [3.05, 3.63) is 12.3 Å². The summed E-state index contributed by atoms with van der Waals surface area (Å²) >= 11 is 1.80. The molecule has 1 atom stereocenters. The normalized spacial score (nSPS) is 13.1. The van der Waals surface area contributed by atoms with Gasteiger partial charge in [0.25, 0.3) is 0 Å². The Kier molecular flexibility index (Phi) is 4.68. The van der Waals surface area contributed by atoms with Gasteiger partial charge in [-0.2, -0.15) is 11.8 Å². The van der Waals surface area contributed by atoms with Gasteiger partial charge in [0.1, 0.15) is 0 Å². The van der Waals surface area contributed by atoms with Crippen LogP contribution in [-0.2, 0) is 0 Å². The highest BCUT2D eigenvalue weighted by molar-refractivity contribution is 7.98. The molecule has 1 N–H and O–H groups in total. The summed E-state index contributed by atoms with van der Waals surface area (Å²) in [5, 5.41) is 8.84. The van der Waals surface area contributed by atoms with Crippen LogP contribution >= 0.6 is 11.8 Å². The lowest BCUT2D eigenvalue weighted by Gasteiger charge is -2.06. The molecule has 0 saturated carbocycles. The highest BCUT2D eigenvalue weighted by Gasteiger charge is 2.02. The first-order valence-corrected chi connectivity index (χ1v) is 4.44. The Balaban J connectivity index is 3.27. The average molecular weight is 146 g/mol. The molecule has 0 aromatic heterocycles. The van der Waals surface area contributed by atoms with Gasteiger partial charge in [0.15, 0.2) is 0 Å². The van der Waals surface area contributed by atoms with Gasteiger partial charge < -0.3 is 5.11 Å². The summed E-state index contributed by atoms with van der Waals surface area (Å²) < 4.78 is 0. The number of allylic oxidation sites excluding steroid dienone is 1. The molecule has 0 aliphatic rings. The summed E-state index contributed by atoms with van der Waals surface area (Å²) in [6.45, 7) is 5.44. The van der Waals surface area contributed by atoms with Crippen molar-refractivity contribution in [2.75, 3.05) is 12.0 Å². The first kappa shape index (κ1) is 8.89. The quantitative estimate of drug-likeness (QED) is 0.615. The average Bonchev–Trinajstić information content (AvgIpc) is 1.82. The minimum atomic E-state index is 0.262. The molecule has 0 heterocycles. The molecule has 0 saturated heterocycles. The highest BCUT2D eigenvalue weighted by Crippen LogP contribution is 2.11. The molecule has 1 unspecified atom stereocenters. The summed E-state index contributed by atoms with van der Waals surface area (Å²) in [4.78, 5) is 0. The zero-order valence-corrected chi connectivity index (χ0v) is 6.87. The third kappa shape index (κ3) is 4.40. The van der Waals surface area contributed by atoms with Crippen LogP contribution in [0.3, 0.4) is 0 Å². The van der Waals surface area contributed by atoms with E-state index >= 15 is 0 Å². The minimum Gasteiger partial charge on any atom is -0.513 e. The summed E-state index contributed by atoms with van der Waals surface area (Å²) in [6, 6.07) is 0. The Morgan fingerprint density at radius 1 is 1.78 bits per heavy atom. The Morgan fingerprint density at radius 2 is 2.33 bits per heavy atom. The second-order valence-electron chi connectivity index (χ2n) is 2.17. The van der Waals surface area contributed by atoms with Crippen LogP contribution in [0, 0.1) is 5.92 Å². The predicted molar refractivity (Wildman–Crippen MR) is 43.9 cm³/mol. The van der Waals surface area contributed by atoms with Crippen LogP contribution in [-0.4, -0.2) is 17.1 Å². The molecule has 9 heavy (non-hydrogen) atoms. The molecule has 0 spiro atoms. The van der Waals surface area contributed by atoms with Gasteiger partial charge in [-0.25, -0.2) is 0 Å². The van der Waals surface area contributed by atoms with Crippen LogP contribution in [0.5, 0.6) is 0 Å². The molecule has 0 amide bonds. The highest BCUT2D eigenvalue weighted by atomic mass is 32.2. The van der Waals surface area contributed by atoms with Gasteiger partial charge >= 0.3 is 0 Å². The van der Waals surface area contributed by atoms with Crippen LogP contribution in [0.1, 0.15) is 13.3 Å². The molecular formula is C7H14OS. The lowest BCUT2D eigenvalue weighted by Crippen LogP contribution is -1.98. The second-order valence-corrected chi connectivity index (χ2v) is 3.16. The first-order chi connectivity index (χ1) is 4.18. The van der Waals surface area contributed by atoms with Crippen LogP contribution in [0.15, 0.2) is 12.3 Å². The van der Waals surface area contributed by atoms with E-state index in [9.17, 15) is 0 Å². The van der Waals surface area contributed by atoms with Crippen molar-refractivity contribution in [1.29, 1.82) is 0 Å². The van der Waals surface area contributed by atoms with Gasteiger partial charge in [-0.1, -0.05) is 13.5 Å². The van der Waals surface area contributed by atoms with E-state index in [0.717, 1.165) is 12.2 Å². The second kappa shape index (κ2) is 4.74. The SMILES string of the molecule is C=C(O)C(C)CCSC. The van der Waals surface area contributed by atoms with Crippen LogP contribution in [0.25, 0.3) is 0 Å². The van der Waals surface area contributed by atoms with Crippen molar-refractivity contribution in [1.82, 2.24) is 0 Å². The molecule has 0 aliphatic heterocycles. The smallest absolute Gasteiger partial charge is 0.0879 e. The molecule has 0 aromatic carbocycles. The third-order valence-corrected chi connectivity index (χ3v) is 1.97. The summed E-state index contributed by atoms with van der Waals surface area (Å²) in [7, 11) is 0. The lowest BCUT2D eigenvalue weighted by atomic mass is 10.1. The maximum absolute atomic E-state index is 8.84. The zero-order valence-electron chi connectivity index (χ0n) is 6.05. The number of thioether (sulfide) groups is 1. The van der Waals surface area contributed by atoms with Gasteiger partial charge in [-0.05, 0) is 18.4 Å². The van der Waals surface area contributed by atoms with E-state index < -0.39 is 0 Å². The Bertz CT molecular complexity index is 90.9. The minimum absolute atomic E-state index is 0.262. The van der Waals surface area contributed by atoms with Crippen LogP contribution < -0.4 is 0 Å². The predicted octanol–water partition coefficient (Wildman–Crippen LogP) is 2.45. The van der Waals surface area contributed by atoms with E-state index in [2.05, 4.69) is 12.8 Å². The fourth-order valence-corrected chi connectivity index (χ4v) is 1.05. The molecule has 0 aromatic rings. The van der Waals surface area contributed by atoms with Crippen molar-refractivity contribution in [2.45, 2.75) is 13.3 Å². The van der Waals surface area contributed by atoms with Crippen molar-refractivity contribution >= 4 is 11.8 Å². The van der Waals surface area contributed by atoms with Crippen molar-refractivity contribution in [2.24, 2.45) is 5.92 Å². The molecule has 0 fully saturated rings. The van der Waals surface area contributed by atoms with Crippen LogP contribution in [0.4, 0.5) is 0 Å². The van der Waals surface area contributed by atoms with E-state index in [4.69, 9.17) is 5.11 Å². The fraction of sp³-hybridized carbons (Fsp3) is 0.714. The third-order valence-electron chi connectivity index (χ3n) is 1.32. The Labute approximate surface area is 61.2 Å². The monoisotopic (exact) mass is 146 g/mol. The maximum Gasteiger partial charge on any atom is 0.0879 e. The topological polar surface area (TPSA) is 20.2 Å². The number of hydrogen-bond acceptors (Lipinski definition) is 2. The van der Waals surface area contributed by atoms with E-state index in [0.29, 0.717) is 5.76 Å². The van der Waals surface area contributed by atoms with Crippen LogP contribution in [0.2, 0.25) is 0 Å². The molecule has 0 rings (SSSR count). The largest absolute Gasteiger partial charge is 0.513 e. The van der Waals surface area contributed by atoms with E-state index in [1.54, 1.807) is 11.8 Å². The molecule has 1 nitrogen and oxygen atoms in total. The van der Waals surface area contributed by atoms with Crippen molar-refractivity contribution < 1.29 is 5.11 Å². The summed E-state index contributed by atoms with van der Waals surface area (Å²) in [6.07, 6.45) is 3.09. The van der Waals surface area contributed by atoms with Gasteiger partial charge in [0.2, 0.25) is 0 Å². The van der Waals surface area contributed by atoms with Crippen molar-refractivity contribution in [3.8, 4) is 0 Å². The van der Waals surface area contributed by atoms with E-state index in [1.165, 1.54) is 0 Å². The molecule has 0 radical (unpaired) electrons. The number of aliphatic hydroxyl groups excluding tert-OH is 1. The Hall–Kier alpha value is -0.110. The maximum atomic E-state index is 8.84. The standard InChI is InChI=1S/C7H14OS/c1-6(7(2)8)4-5-9-3/h6,8H,2,4-5H2,1,3H3. The van der Waals surface area contributed by atoms with Gasteiger partial charge in [-0.3, -0.25) is 0 Å². The molecular weight excluding hydrogens is 132 g/mol. The Morgan fingerprint density at radius 3 is 2.67 bits per heavy atom. The fourth-order valence-electron chi connectivity index (χ4n) is 0.461. The van der Waals surface area contributed by atoms with E-state index in [1.807, 2.05) is 6.92 Å². The summed E-state index contributed by atoms with van der Waals surface area (Å²) in [5.41, 5.74) is 0. The molecule has 0 bridgehead atoms. The van der Waals surface area contributed by atoms with Crippen molar-refractivity contribution in [3.63, 3.8) is 0 Å². The van der Waals surface area contributed by atoms with Gasteiger partial charge in [0.05, 0.1) is 5.76 Å². The number of aliphatic hydroxyl groups is 1. The van der Waals surface area contributed by atoms with Gasteiger partial charge in [-0.15, -0.1) is 0 Å². The number of rotatable bonds is 4. The molecule has 0 aliphatic carbocycles. The number of hydrogen-bond donors (Lipinski definition) is 1.